The van der Waals surface area contributed by atoms with Crippen molar-refractivity contribution in [3.05, 3.63) is 90.4 Å². The van der Waals surface area contributed by atoms with E-state index in [0.29, 0.717) is 17.4 Å². The first-order valence-corrected chi connectivity index (χ1v) is 10.8. The smallest absolute Gasteiger partial charge is 0.233 e. The molecule has 2 aromatic heterocycles. The highest BCUT2D eigenvalue weighted by molar-refractivity contribution is 7.22. The van der Waals surface area contributed by atoms with Crippen LogP contribution in [-0.4, -0.2) is 18.0 Å². The summed E-state index contributed by atoms with van der Waals surface area (Å²) in [6, 6.07) is 23.7. The zero-order valence-corrected chi connectivity index (χ0v) is 17.8. The lowest BCUT2D eigenvalue weighted by Crippen LogP contribution is -2.31. The maximum Gasteiger partial charge on any atom is 0.233 e. The average Bonchev–Trinajstić information content (AvgIpc) is 3.46. The Balaban J connectivity index is 1.48. The van der Waals surface area contributed by atoms with E-state index in [1.54, 1.807) is 18.3 Å². The Labute approximate surface area is 183 Å². The predicted molar refractivity (Wildman–Crippen MR) is 124 cm³/mol. The number of fused-ring (bicyclic) bond motifs is 2. The number of amides is 1. The van der Waals surface area contributed by atoms with Gasteiger partial charge in [0, 0.05) is 0 Å². The van der Waals surface area contributed by atoms with Crippen LogP contribution >= 0.6 is 11.3 Å². The van der Waals surface area contributed by atoms with Gasteiger partial charge in [-0.3, -0.25) is 9.69 Å². The van der Waals surface area contributed by atoms with E-state index in [4.69, 9.17) is 14.1 Å². The Morgan fingerprint density at radius 2 is 1.90 bits per heavy atom. The van der Waals surface area contributed by atoms with Crippen molar-refractivity contribution >= 4 is 43.4 Å². The number of methoxy groups -OCH3 is 1. The Morgan fingerprint density at radius 3 is 2.71 bits per heavy atom. The molecule has 0 aliphatic heterocycles. The number of hydrogen-bond acceptors (Lipinski definition) is 5. The van der Waals surface area contributed by atoms with Crippen LogP contribution in [0.1, 0.15) is 11.3 Å². The standard InChI is InChI=1S/C25H20N2O3S/c1-29-20-10-11-22-23(15-20)31-25(26-22)27(16-21-7-4-12-30-21)24(28)14-17-8-9-18-5-2-3-6-19(18)13-17/h2-13,15H,14,16H2,1H3. The molecule has 0 atom stereocenters. The lowest BCUT2D eigenvalue weighted by molar-refractivity contribution is -0.118. The molecule has 0 fully saturated rings. The molecule has 154 valence electrons. The van der Waals surface area contributed by atoms with Crippen LogP contribution in [0, 0.1) is 0 Å². The highest BCUT2D eigenvalue weighted by Gasteiger charge is 2.22. The second kappa shape index (κ2) is 8.24. The molecule has 0 spiro atoms. The van der Waals surface area contributed by atoms with Gasteiger partial charge in [0.2, 0.25) is 5.91 Å². The molecular formula is C25H20N2O3S. The largest absolute Gasteiger partial charge is 0.497 e. The molecule has 0 saturated carbocycles. The number of hydrogen-bond donors (Lipinski definition) is 0. The Bertz CT molecular complexity index is 1360. The van der Waals surface area contributed by atoms with Crippen LogP contribution in [0.5, 0.6) is 5.75 Å². The van der Waals surface area contributed by atoms with Crippen LogP contribution in [0.15, 0.2) is 83.5 Å². The van der Waals surface area contributed by atoms with Gasteiger partial charge in [0.25, 0.3) is 0 Å². The van der Waals surface area contributed by atoms with Gasteiger partial charge in [-0.25, -0.2) is 4.98 Å². The van der Waals surface area contributed by atoms with Crippen LogP contribution in [0.3, 0.4) is 0 Å². The minimum absolute atomic E-state index is 0.0299. The molecule has 1 amide bonds. The number of carbonyl (C=O) groups excluding carboxylic acids is 1. The van der Waals surface area contributed by atoms with E-state index in [0.717, 1.165) is 32.3 Å². The number of thiazole rings is 1. The van der Waals surface area contributed by atoms with Gasteiger partial charge in [-0.05, 0) is 46.7 Å². The summed E-state index contributed by atoms with van der Waals surface area (Å²) in [5.74, 6) is 1.45. The van der Waals surface area contributed by atoms with Gasteiger partial charge < -0.3 is 9.15 Å². The lowest BCUT2D eigenvalue weighted by Gasteiger charge is -2.19. The van der Waals surface area contributed by atoms with E-state index in [9.17, 15) is 4.79 Å². The van der Waals surface area contributed by atoms with Gasteiger partial charge in [-0.1, -0.05) is 53.8 Å². The molecule has 0 radical (unpaired) electrons. The van der Waals surface area contributed by atoms with Crippen molar-refractivity contribution in [1.29, 1.82) is 0 Å². The summed E-state index contributed by atoms with van der Waals surface area (Å²) < 4.78 is 11.8. The summed E-state index contributed by atoms with van der Waals surface area (Å²) in [7, 11) is 1.64. The van der Waals surface area contributed by atoms with Gasteiger partial charge in [0.15, 0.2) is 5.13 Å². The molecule has 3 aromatic carbocycles. The molecule has 0 aliphatic carbocycles. The number of rotatable bonds is 6. The van der Waals surface area contributed by atoms with Gasteiger partial charge in [0.1, 0.15) is 11.5 Å². The van der Waals surface area contributed by atoms with Crippen LogP contribution in [-0.2, 0) is 17.8 Å². The van der Waals surface area contributed by atoms with Gasteiger partial charge >= 0.3 is 0 Å². The van der Waals surface area contributed by atoms with Gasteiger partial charge in [0.05, 0.1) is 36.6 Å². The van der Waals surface area contributed by atoms with Crippen LogP contribution < -0.4 is 9.64 Å². The Morgan fingerprint density at radius 1 is 1.03 bits per heavy atom. The molecule has 2 heterocycles. The number of ether oxygens (including phenoxy) is 1. The SMILES string of the molecule is COc1ccc2nc(N(Cc3ccco3)C(=O)Cc3ccc4ccccc4c3)sc2c1. The Hall–Kier alpha value is -3.64. The molecule has 0 N–H and O–H groups in total. The summed E-state index contributed by atoms with van der Waals surface area (Å²) in [5.41, 5.74) is 1.81. The van der Waals surface area contributed by atoms with Crippen molar-refractivity contribution < 1.29 is 13.9 Å². The zero-order chi connectivity index (χ0) is 21.2. The number of aromatic nitrogens is 1. The van der Waals surface area contributed by atoms with Gasteiger partial charge in [-0.15, -0.1) is 0 Å². The van der Waals surface area contributed by atoms with Crippen molar-refractivity contribution in [1.82, 2.24) is 4.98 Å². The molecule has 5 nitrogen and oxygen atoms in total. The molecule has 0 saturated heterocycles. The minimum Gasteiger partial charge on any atom is -0.497 e. The summed E-state index contributed by atoms with van der Waals surface area (Å²) in [5, 5.41) is 2.93. The van der Waals surface area contributed by atoms with Gasteiger partial charge in [-0.2, -0.15) is 0 Å². The third kappa shape index (κ3) is 4.02. The lowest BCUT2D eigenvalue weighted by atomic mass is 10.0. The highest BCUT2D eigenvalue weighted by atomic mass is 32.1. The molecule has 5 rings (SSSR count). The maximum absolute atomic E-state index is 13.4. The second-order valence-corrected chi connectivity index (χ2v) is 8.26. The van der Waals surface area contributed by atoms with Crippen molar-refractivity contribution in [2.24, 2.45) is 0 Å². The number of anilines is 1. The summed E-state index contributed by atoms with van der Waals surface area (Å²) in [4.78, 5) is 19.8. The summed E-state index contributed by atoms with van der Waals surface area (Å²) in [6.45, 7) is 0.330. The van der Waals surface area contributed by atoms with E-state index in [2.05, 4.69) is 24.3 Å². The van der Waals surface area contributed by atoms with E-state index in [-0.39, 0.29) is 12.3 Å². The van der Waals surface area contributed by atoms with Crippen LogP contribution in [0.4, 0.5) is 5.13 Å². The fourth-order valence-electron chi connectivity index (χ4n) is 3.57. The van der Waals surface area contributed by atoms with Crippen molar-refractivity contribution in [3.8, 4) is 5.75 Å². The topological polar surface area (TPSA) is 55.6 Å². The zero-order valence-electron chi connectivity index (χ0n) is 16.9. The van der Waals surface area contributed by atoms with E-state index in [1.165, 1.54) is 11.3 Å². The normalized spacial score (nSPS) is 11.1. The number of nitrogens with zero attached hydrogens (tertiary/aromatic N) is 2. The number of furan rings is 1. The molecular weight excluding hydrogens is 408 g/mol. The van der Waals surface area contributed by atoms with E-state index >= 15 is 0 Å². The molecule has 0 bridgehead atoms. The van der Waals surface area contributed by atoms with Crippen molar-refractivity contribution in [2.45, 2.75) is 13.0 Å². The number of carbonyl (C=O) groups is 1. The fraction of sp³-hybridized carbons (Fsp3) is 0.120. The fourth-order valence-corrected chi connectivity index (χ4v) is 4.59. The third-order valence-electron chi connectivity index (χ3n) is 5.18. The first-order chi connectivity index (χ1) is 15.2. The van der Waals surface area contributed by atoms with Crippen LogP contribution in [0.25, 0.3) is 21.0 Å². The maximum atomic E-state index is 13.4. The minimum atomic E-state index is -0.0299. The van der Waals surface area contributed by atoms with Crippen molar-refractivity contribution in [2.75, 3.05) is 12.0 Å². The molecule has 31 heavy (non-hydrogen) atoms. The average molecular weight is 429 g/mol. The first-order valence-electron chi connectivity index (χ1n) is 9.94. The summed E-state index contributed by atoms with van der Waals surface area (Å²) >= 11 is 1.47. The molecule has 0 unspecified atom stereocenters. The second-order valence-electron chi connectivity index (χ2n) is 7.25. The molecule has 0 aliphatic rings. The van der Waals surface area contributed by atoms with Crippen molar-refractivity contribution in [3.63, 3.8) is 0 Å². The highest BCUT2D eigenvalue weighted by Crippen LogP contribution is 2.32. The van der Waals surface area contributed by atoms with Crippen LogP contribution in [0.2, 0.25) is 0 Å². The van der Waals surface area contributed by atoms with E-state index in [1.807, 2.05) is 48.5 Å². The quantitative estimate of drug-likeness (QED) is 0.342. The predicted octanol–water partition coefficient (Wildman–Crippen LogP) is 5.83. The Kier molecular flexibility index (Phi) is 5.14. The molecule has 5 aromatic rings. The first kappa shape index (κ1) is 19.3. The monoisotopic (exact) mass is 428 g/mol. The third-order valence-corrected chi connectivity index (χ3v) is 6.22. The summed E-state index contributed by atoms with van der Waals surface area (Å²) in [6.07, 6.45) is 1.90. The number of benzene rings is 3. The molecule has 6 heteroatoms. The van der Waals surface area contributed by atoms with E-state index < -0.39 is 0 Å².